The molecule has 0 aliphatic carbocycles. The Morgan fingerprint density at radius 3 is 2.34 bits per heavy atom. The highest BCUT2D eigenvalue weighted by Gasteiger charge is 2.29. The second-order valence-electron chi connectivity index (χ2n) is 7.98. The van der Waals surface area contributed by atoms with Gasteiger partial charge in [0.1, 0.15) is 6.04 Å². The highest BCUT2D eigenvalue weighted by Crippen LogP contribution is 2.24. The normalized spacial score (nSPS) is 12.8. The third-order valence-electron chi connectivity index (χ3n) is 5.36. The van der Waals surface area contributed by atoms with Gasteiger partial charge in [0.05, 0.1) is 5.75 Å². The predicted octanol–water partition coefficient (Wildman–Crippen LogP) is 6.26. The van der Waals surface area contributed by atoms with E-state index in [9.17, 15) is 9.59 Å². The second-order valence-corrected chi connectivity index (χ2v) is 9.81. The number of aryl methyl sites for hydroxylation is 1. The summed E-state index contributed by atoms with van der Waals surface area (Å²) in [6.45, 7) is 8.21. The highest BCUT2D eigenvalue weighted by molar-refractivity contribution is 7.99. The molecule has 0 bridgehead atoms. The molecule has 0 saturated heterocycles. The van der Waals surface area contributed by atoms with Crippen molar-refractivity contribution >= 4 is 46.8 Å². The molecule has 0 aromatic heterocycles. The summed E-state index contributed by atoms with van der Waals surface area (Å²) in [4.78, 5) is 27.9. The van der Waals surface area contributed by atoms with Gasteiger partial charge in [0.2, 0.25) is 11.8 Å². The number of rotatable bonds is 11. The van der Waals surface area contributed by atoms with Crippen LogP contribution in [0.4, 0.5) is 0 Å². The van der Waals surface area contributed by atoms with Crippen LogP contribution < -0.4 is 5.32 Å². The molecule has 0 aliphatic heterocycles. The summed E-state index contributed by atoms with van der Waals surface area (Å²) in [5, 5.41) is 4.04. The van der Waals surface area contributed by atoms with Crippen LogP contribution in [0, 0.1) is 6.92 Å². The van der Waals surface area contributed by atoms with E-state index in [2.05, 4.69) is 36.5 Å². The number of nitrogens with zero attached hydrogens (tertiary/aromatic N) is 1. The monoisotopic (exact) mass is 494 g/mol. The SMILES string of the molecule is CC[C@H](C(=O)N[C@@H](C)CC)N(Cc1ccc(Cl)cc1Cl)C(=O)CSCc1ccc(C)cc1. The Balaban J connectivity index is 2.17. The van der Waals surface area contributed by atoms with Gasteiger partial charge >= 0.3 is 0 Å². The molecular formula is C25H32Cl2N2O2S. The minimum atomic E-state index is -0.566. The molecule has 0 saturated carbocycles. The van der Waals surface area contributed by atoms with Gasteiger partial charge in [0.15, 0.2) is 0 Å². The third-order valence-corrected chi connectivity index (χ3v) is 6.93. The van der Waals surface area contributed by atoms with Gasteiger partial charge in [-0.25, -0.2) is 0 Å². The first-order chi connectivity index (χ1) is 15.2. The Labute approximate surface area is 206 Å². The van der Waals surface area contributed by atoms with E-state index in [1.54, 1.807) is 28.8 Å². The van der Waals surface area contributed by atoms with E-state index < -0.39 is 6.04 Å². The van der Waals surface area contributed by atoms with E-state index in [1.165, 1.54) is 11.1 Å². The minimum Gasteiger partial charge on any atom is -0.352 e. The zero-order valence-electron chi connectivity index (χ0n) is 19.2. The topological polar surface area (TPSA) is 49.4 Å². The van der Waals surface area contributed by atoms with Crippen LogP contribution in [0.25, 0.3) is 0 Å². The van der Waals surface area contributed by atoms with Gasteiger partial charge in [0, 0.05) is 28.4 Å². The fourth-order valence-corrected chi connectivity index (χ4v) is 4.56. The van der Waals surface area contributed by atoms with Crippen LogP contribution in [0.3, 0.4) is 0 Å². The fourth-order valence-electron chi connectivity index (χ4n) is 3.22. The molecule has 2 aromatic carbocycles. The van der Waals surface area contributed by atoms with Crippen LogP contribution in [-0.2, 0) is 21.9 Å². The summed E-state index contributed by atoms with van der Waals surface area (Å²) in [7, 11) is 0. The first-order valence-electron chi connectivity index (χ1n) is 10.9. The number of thioether (sulfide) groups is 1. The number of halogens is 2. The van der Waals surface area contributed by atoms with Gasteiger partial charge in [-0.05, 0) is 49.9 Å². The standard InChI is InChI=1S/C25H32Cl2N2O2S/c1-5-18(4)28-25(31)23(6-2)29(14-20-11-12-21(26)13-22(20)27)24(30)16-32-15-19-9-7-17(3)8-10-19/h7-13,18,23H,5-6,14-16H2,1-4H3,(H,28,31)/t18-,23+/m0/s1. The van der Waals surface area contributed by atoms with Gasteiger partial charge in [0.25, 0.3) is 0 Å². The minimum absolute atomic E-state index is 0.0449. The Hall–Kier alpha value is -1.69. The summed E-state index contributed by atoms with van der Waals surface area (Å²) < 4.78 is 0. The molecule has 7 heteroatoms. The van der Waals surface area contributed by atoms with Crippen molar-refractivity contribution in [3.8, 4) is 0 Å². The van der Waals surface area contributed by atoms with Gasteiger partial charge in [-0.15, -0.1) is 11.8 Å². The molecule has 2 atom stereocenters. The molecule has 0 spiro atoms. The highest BCUT2D eigenvalue weighted by atomic mass is 35.5. The smallest absolute Gasteiger partial charge is 0.243 e. The Morgan fingerprint density at radius 1 is 1.06 bits per heavy atom. The zero-order valence-corrected chi connectivity index (χ0v) is 21.5. The van der Waals surface area contributed by atoms with Crippen molar-refractivity contribution in [2.24, 2.45) is 0 Å². The molecule has 0 radical (unpaired) electrons. The molecule has 2 amide bonds. The first kappa shape index (κ1) is 26.6. The van der Waals surface area contributed by atoms with Crippen molar-refractivity contribution in [3.63, 3.8) is 0 Å². The Bertz CT molecular complexity index is 905. The number of carbonyl (C=O) groups is 2. The molecule has 2 aromatic rings. The molecule has 0 unspecified atom stereocenters. The van der Waals surface area contributed by atoms with E-state index in [0.29, 0.717) is 16.5 Å². The van der Waals surface area contributed by atoms with Crippen LogP contribution in [0.5, 0.6) is 0 Å². The van der Waals surface area contributed by atoms with Crippen LogP contribution in [0.1, 0.15) is 50.3 Å². The fraction of sp³-hybridized carbons (Fsp3) is 0.440. The number of hydrogen-bond donors (Lipinski definition) is 1. The number of nitrogens with one attached hydrogen (secondary N) is 1. The molecule has 2 rings (SSSR count). The van der Waals surface area contributed by atoms with Crippen LogP contribution in [0.15, 0.2) is 42.5 Å². The molecule has 0 fully saturated rings. The predicted molar refractivity (Wildman–Crippen MR) is 136 cm³/mol. The van der Waals surface area contributed by atoms with Gasteiger partial charge in [-0.2, -0.15) is 0 Å². The summed E-state index contributed by atoms with van der Waals surface area (Å²) >= 11 is 14.0. The number of benzene rings is 2. The summed E-state index contributed by atoms with van der Waals surface area (Å²) in [5.74, 6) is 0.798. The van der Waals surface area contributed by atoms with E-state index >= 15 is 0 Å². The van der Waals surface area contributed by atoms with Crippen LogP contribution >= 0.6 is 35.0 Å². The molecule has 4 nitrogen and oxygen atoms in total. The second kappa shape index (κ2) is 13.1. The lowest BCUT2D eigenvalue weighted by atomic mass is 10.1. The molecular weight excluding hydrogens is 463 g/mol. The average Bonchev–Trinajstić information content (AvgIpc) is 2.76. The largest absolute Gasteiger partial charge is 0.352 e. The van der Waals surface area contributed by atoms with E-state index in [4.69, 9.17) is 23.2 Å². The molecule has 0 heterocycles. The lowest BCUT2D eigenvalue weighted by Crippen LogP contribution is -2.51. The number of hydrogen-bond acceptors (Lipinski definition) is 3. The van der Waals surface area contributed by atoms with E-state index in [-0.39, 0.29) is 30.2 Å². The average molecular weight is 496 g/mol. The first-order valence-corrected chi connectivity index (χ1v) is 12.8. The van der Waals surface area contributed by atoms with Crippen molar-refractivity contribution in [2.75, 3.05) is 5.75 Å². The molecule has 0 aliphatic rings. The quantitative estimate of drug-likeness (QED) is 0.401. The maximum atomic E-state index is 13.3. The van der Waals surface area contributed by atoms with Crippen molar-refractivity contribution in [1.29, 1.82) is 0 Å². The third kappa shape index (κ3) is 8.02. The lowest BCUT2D eigenvalue weighted by Gasteiger charge is -2.31. The number of carbonyl (C=O) groups excluding carboxylic acids is 2. The van der Waals surface area contributed by atoms with E-state index in [0.717, 1.165) is 17.7 Å². The zero-order chi connectivity index (χ0) is 23.7. The van der Waals surface area contributed by atoms with Crippen molar-refractivity contribution in [1.82, 2.24) is 10.2 Å². The molecule has 32 heavy (non-hydrogen) atoms. The van der Waals surface area contributed by atoms with Gasteiger partial charge < -0.3 is 10.2 Å². The van der Waals surface area contributed by atoms with Crippen molar-refractivity contribution in [3.05, 3.63) is 69.2 Å². The maximum absolute atomic E-state index is 13.3. The van der Waals surface area contributed by atoms with Crippen molar-refractivity contribution in [2.45, 2.75) is 64.9 Å². The molecule has 1 N–H and O–H groups in total. The van der Waals surface area contributed by atoms with Crippen LogP contribution in [0.2, 0.25) is 10.0 Å². The maximum Gasteiger partial charge on any atom is 0.243 e. The van der Waals surface area contributed by atoms with Crippen LogP contribution in [-0.4, -0.2) is 34.6 Å². The lowest BCUT2D eigenvalue weighted by molar-refractivity contribution is -0.139. The summed E-state index contributed by atoms with van der Waals surface area (Å²) in [6.07, 6.45) is 1.34. The Morgan fingerprint density at radius 2 is 1.75 bits per heavy atom. The molecule has 174 valence electrons. The summed E-state index contributed by atoms with van der Waals surface area (Å²) in [5.41, 5.74) is 3.14. The van der Waals surface area contributed by atoms with Crippen molar-refractivity contribution < 1.29 is 9.59 Å². The van der Waals surface area contributed by atoms with Gasteiger partial charge in [-0.3, -0.25) is 9.59 Å². The van der Waals surface area contributed by atoms with E-state index in [1.807, 2.05) is 26.8 Å². The van der Waals surface area contributed by atoms with Gasteiger partial charge in [-0.1, -0.05) is 72.9 Å². The number of amides is 2. The summed E-state index contributed by atoms with van der Waals surface area (Å²) in [6, 6.07) is 13.0. The Kier molecular flexibility index (Phi) is 10.9.